The van der Waals surface area contributed by atoms with E-state index >= 15 is 0 Å². The molecule has 0 radical (unpaired) electrons. The molecule has 0 spiro atoms. The van der Waals surface area contributed by atoms with Crippen LogP contribution in [0.15, 0.2) is 42.6 Å². The van der Waals surface area contributed by atoms with Gasteiger partial charge in [0, 0.05) is 44.3 Å². The van der Waals surface area contributed by atoms with Gasteiger partial charge in [-0.3, -0.25) is 4.90 Å². The molecule has 3 heterocycles. The van der Waals surface area contributed by atoms with Gasteiger partial charge < -0.3 is 9.64 Å². The van der Waals surface area contributed by atoms with Crippen molar-refractivity contribution in [3.63, 3.8) is 0 Å². The molecule has 2 saturated heterocycles. The second-order valence-corrected chi connectivity index (χ2v) is 7.57. The number of fused-ring (bicyclic) bond motifs is 1. The first kappa shape index (κ1) is 17.6. The van der Waals surface area contributed by atoms with Gasteiger partial charge in [0.05, 0.1) is 11.6 Å². The van der Waals surface area contributed by atoms with Gasteiger partial charge in [0.25, 0.3) is 0 Å². The van der Waals surface area contributed by atoms with Gasteiger partial charge in [-0.15, -0.1) is 0 Å². The largest absolute Gasteiger partial charge is 0.493 e. The Morgan fingerprint density at radius 3 is 2.69 bits per heavy atom. The van der Waals surface area contributed by atoms with Gasteiger partial charge in [-0.25, -0.2) is 9.37 Å². The van der Waals surface area contributed by atoms with Gasteiger partial charge in [-0.1, -0.05) is 11.6 Å². The highest BCUT2D eigenvalue weighted by molar-refractivity contribution is 6.30. The maximum Gasteiger partial charge on any atom is 0.128 e. The summed E-state index contributed by atoms with van der Waals surface area (Å²) in [5.74, 6) is 2.05. The fraction of sp³-hybridized carbons (Fsp3) is 0.450. The molecular formula is C20H23ClFN3O. The summed E-state index contributed by atoms with van der Waals surface area (Å²) in [6, 6.07) is 10.7. The number of nitrogens with zero attached hydrogens (tertiary/aromatic N) is 3. The standard InChI is InChI=1S/C20H23ClFN3O/c21-16-2-8-20(23-11-16)25-10-9-24-12-15(1-5-18(24)13-25)14-26-19-6-3-17(22)4-7-19/h2-4,6-8,11,15,18H,1,5,9-10,12-14H2/t15-,18?/m1/s1. The lowest BCUT2D eigenvalue weighted by Gasteiger charge is -2.46. The van der Waals surface area contributed by atoms with Crippen molar-refractivity contribution in [1.29, 1.82) is 0 Å². The highest BCUT2D eigenvalue weighted by Crippen LogP contribution is 2.28. The van der Waals surface area contributed by atoms with E-state index in [2.05, 4.69) is 14.8 Å². The monoisotopic (exact) mass is 375 g/mol. The smallest absolute Gasteiger partial charge is 0.128 e. The highest BCUT2D eigenvalue weighted by Gasteiger charge is 2.33. The maximum absolute atomic E-state index is 13.0. The number of hydrogen-bond acceptors (Lipinski definition) is 4. The minimum absolute atomic E-state index is 0.231. The lowest BCUT2D eigenvalue weighted by atomic mass is 9.91. The summed E-state index contributed by atoms with van der Waals surface area (Å²) in [5, 5.41) is 0.675. The minimum Gasteiger partial charge on any atom is -0.493 e. The molecule has 0 N–H and O–H groups in total. The van der Waals surface area contributed by atoms with E-state index in [1.54, 1.807) is 18.3 Å². The van der Waals surface area contributed by atoms with Gasteiger partial charge >= 0.3 is 0 Å². The van der Waals surface area contributed by atoms with Crippen molar-refractivity contribution in [3.8, 4) is 5.75 Å². The average Bonchev–Trinajstić information content (AvgIpc) is 2.67. The molecule has 1 aromatic carbocycles. The minimum atomic E-state index is -0.231. The molecule has 0 bridgehead atoms. The Balaban J connectivity index is 1.29. The van der Waals surface area contributed by atoms with E-state index in [9.17, 15) is 4.39 Å². The normalized spacial score (nSPS) is 23.5. The van der Waals surface area contributed by atoms with Gasteiger partial charge in [0.2, 0.25) is 0 Å². The Labute approximate surface area is 158 Å². The van der Waals surface area contributed by atoms with Crippen LogP contribution in [0.5, 0.6) is 5.75 Å². The molecule has 26 heavy (non-hydrogen) atoms. The van der Waals surface area contributed by atoms with Crippen LogP contribution in [0.4, 0.5) is 10.2 Å². The lowest BCUT2D eigenvalue weighted by molar-refractivity contribution is 0.0727. The van der Waals surface area contributed by atoms with Crippen LogP contribution in [-0.2, 0) is 0 Å². The summed E-state index contributed by atoms with van der Waals surface area (Å²) in [6.07, 6.45) is 4.04. The van der Waals surface area contributed by atoms with Crippen LogP contribution in [0, 0.1) is 11.7 Å². The predicted molar refractivity (Wildman–Crippen MR) is 101 cm³/mol. The molecule has 0 aliphatic carbocycles. The van der Waals surface area contributed by atoms with E-state index in [4.69, 9.17) is 16.3 Å². The number of aromatic nitrogens is 1. The molecule has 2 aliphatic rings. The molecule has 138 valence electrons. The van der Waals surface area contributed by atoms with E-state index in [-0.39, 0.29) is 5.82 Å². The first-order valence-corrected chi connectivity index (χ1v) is 9.54. The molecule has 2 aliphatic heterocycles. The zero-order valence-electron chi connectivity index (χ0n) is 14.7. The number of rotatable bonds is 4. The summed E-state index contributed by atoms with van der Waals surface area (Å²) >= 11 is 5.94. The Morgan fingerprint density at radius 2 is 1.92 bits per heavy atom. The van der Waals surface area contributed by atoms with Crippen LogP contribution in [0.2, 0.25) is 5.02 Å². The van der Waals surface area contributed by atoms with Crippen LogP contribution in [0.1, 0.15) is 12.8 Å². The van der Waals surface area contributed by atoms with E-state index in [0.717, 1.165) is 44.2 Å². The topological polar surface area (TPSA) is 28.6 Å². The Morgan fingerprint density at radius 1 is 1.08 bits per heavy atom. The summed E-state index contributed by atoms with van der Waals surface area (Å²) in [4.78, 5) is 9.38. The zero-order chi connectivity index (χ0) is 17.9. The van der Waals surface area contributed by atoms with Crippen molar-refractivity contribution in [1.82, 2.24) is 9.88 Å². The Kier molecular flexibility index (Phi) is 5.27. The van der Waals surface area contributed by atoms with Crippen LogP contribution >= 0.6 is 11.6 Å². The first-order chi connectivity index (χ1) is 12.7. The van der Waals surface area contributed by atoms with Crippen molar-refractivity contribution < 1.29 is 9.13 Å². The molecule has 6 heteroatoms. The molecule has 2 atom stereocenters. The zero-order valence-corrected chi connectivity index (χ0v) is 15.4. The Hall–Kier alpha value is -1.85. The highest BCUT2D eigenvalue weighted by atomic mass is 35.5. The first-order valence-electron chi connectivity index (χ1n) is 9.16. The molecule has 1 unspecified atom stereocenters. The predicted octanol–water partition coefficient (Wildman–Crippen LogP) is 3.85. The third-order valence-corrected chi connectivity index (χ3v) is 5.56. The third-order valence-electron chi connectivity index (χ3n) is 5.34. The van der Waals surface area contributed by atoms with Crippen molar-refractivity contribution in [2.24, 2.45) is 5.92 Å². The molecule has 2 fully saturated rings. The number of hydrogen-bond donors (Lipinski definition) is 0. The maximum atomic E-state index is 13.0. The molecular weight excluding hydrogens is 353 g/mol. The summed E-state index contributed by atoms with van der Waals surface area (Å²) < 4.78 is 18.8. The summed E-state index contributed by atoms with van der Waals surface area (Å²) in [6.45, 7) is 4.80. The quantitative estimate of drug-likeness (QED) is 0.811. The molecule has 1 aromatic heterocycles. The Bertz CT molecular complexity index is 725. The fourth-order valence-corrected chi connectivity index (χ4v) is 4.01. The molecule has 2 aromatic rings. The number of anilines is 1. The van der Waals surface area contributed by atoms with Gasteiger partial charge in [-0.2, -0.15) is 0 Å². The van der Waals surface area contributed by atoms with Gasteiger partial charge in [0.15, 0.2) is 0 Å². The van der Waals surface area contributed by atoms with Crippen molar-refractivity contribution in [2.75, 3.05) is 37.7 Å². The van der Waals surface area contributed by atoms with E-state index in [0.29, 0.717) is 23.6 Å². The van der Waals surface area contributed by atoms with E-state index in [1.807, 2.05) is 12.1 Å². The van der Waals surface area contributed by atoms with Crippen molar-refractivity contribution >= 4 is 17.4 Å². The number of halogens is 2. The second-order valence-electron chi connectivity index (χ2n) is 7.14. The number of benzene rings is 1. The number of pyridine rings is 1. The number of piperidine rings is 1. The van der Waals surface area contributed by atoms with Gasteiger partial charge in [-0.05, 0) is 49.2 Å². The SMILES string of the molecule is Fc1ccc(OC[C@@H]2CCC3CN(c4ccc(Cl)cn4)CCN3C2)cc1. The molecule has 0 saturated carbocycles. The number of piperazine rings is 1. The average molecular weight is 376 g/mol. The van der Waals surface area contributed by atoms with Crippen LogP contribution < -0.4 is 9.64 Å². The third kappa shape index (κ3) is 4.10. The van der Waals surface area contributed by atoms with Crippen LogP contribution in [0.3, 0.4) is 0 Å². The fourth-order valence-electron chi connectivity index (χ4n) is 3.90. The molecule has 4 rings (SSSR count). The second kappa shape index (κ2) is 7.80. The van der Waals surface area contributed by atoms with Gasteiger partial charge in [0.1, 0.15) is 17.4 Å². The van der Waals surface area contributed by atoms with Crippen molar-refractivity contribution in [2.45, 2.75) is 18.9 Å². The summed E-state index contributed by atoms with van der Waals surface area (Å²) in [7, 11) is 0. The van der Waals surface area contributed by atoms with Crippen LogP contribution in [-0.4, -0.2) is 48.7 Å². The van der Waals surface area contributed by atoms with E-state index < -0.39 is 0 Å². The summed E-state index contributed by atoms with van der Waals surface area (Å²) in [5.41, 5.74) is 0. The molecule has 0 amide bonds. The molecule has 4 nitrogen and oxygen atoms in total. The lowest BCUT2D eigenvalue weighted by Crippen LogP contribution is -2.57. The van der Waals surface area contributed by atoms with Crippen molar-refractivity contribution in [3.05, 3.63) is 53.4 Å². The number of ether oxygens (including phenoxy) is 1. The van der Waals surface area contributed by atoms with Crippen LogP contribution in [0.25, 0.3) is 0 Å². The van der Waals surface area contributed by atoms with E-state index in [1.165, 1.54) is 18.6 Å².